The number of hydrogen-bond donors (Lipinski definition) is 1. The monoisotopic (exact) mass is 420 g/mol. The lowest BCUT2D eigenvalue weighted by Crippen LogP contribution is -2.43. The highest BCUT2D eigenvalue weighted by Crippen LogP contribution is 2.32. The molecule has 1 unspecified atom stereocenters. The summed E-state index contributed by atoms with van der Waals surface area (Å²) in [5.74, 6) is -1.99. The Morgan fingerprint density at radius 2 is 1.86 bits per heavy atom. The first-order chi connectivity index (χ1) is 13.4. The number of carbonyl (C=O) groups is 2. The zero-order chi connectivity index (χ0) is 21.4. The minimum absolute atomic E-state index is 0.00183. The van der Waals surface area contributed by atoms with Gasteiger partial charge in [0, 0.05) is 12.1 Å². The molecule has 1 aromatic carbocycles. The molecule has 0 saturated carbocycles. The standard InChI is InChI=1S/C18H14F6N2O3/c19-17(20,21)9-26-7-6-12(16(26)28)25-15(27)14-5-4-13(29-14)10-2-1-3-11(8-10)18(22,23)24/h1-5,8,12H,6-7,9H2,(H,25,27). The molecule has 1 atom stereocenters. The average Bonchev–Trinajstić information content (AvgIpc) is 3.23. The Labute approximate surface area is 160 Å². The van der Waals surface area contributed by atoms with Crippen molar-refractivity contribution in [3.63, 3.8) is 0 Å². The molecule has 1 aliphatic rings. The van der Waals surface area contributed by atoms with Crippen LogP contribution in [0.25, 0.3) is 11.3 Å². The fourth-order valence-corrected chi connectivity index (χ4v) is 2.94. The molecule has 0 spiro atoms. The smallest absolute Gasteiger partial charge is 0.416 e. The fourth-order valence-electron chi connectivity index (χ4n) is 2.94. The van der Waals surface area contributed by atoms with Crippen molar-refractivity contribution in [2.24, 2.45) is 0 Å². The van der Waals surface area contributed by atoms with Crippen molar-refractivity contribution >= 4 is 11.8 Å². The zero-order valence-corrected chi connectivity index (χ0v) is 14.6. The molecule has 0 radical (unpaired) electrons. The van der Waals surface area contributed by atoms with E-state index < -0.39 is 42.3 Å². The van der Waals surface area contributed by atoms with E-state index in [2.05, 4.69) is 5.32 Å². The van der Waals surface area contributed by atoms with Crippen LogP contribution in [0.2, 0.25) is 0 Å². The third-order valence-corrected chi connectivity index (χ3v) is 4.28. The summed E-state index contributed by atoms with van der Waals surface area (Å²) in [6, 6.07) is 5.66. The van der Waals surface area contributed by atoms with Crippen LogP contribution in [0.3, 0.4) is 0 Å². The summed E-state index contributed by atoms with van der Waals surface area (Å²) >= 11 is 0. The van der Waals surface area contributed by atoms with E-state index in [-0.39, 0.29) is 30.0 Å². The highest BCUT2D eigenvalue weighted by molar-refractivity contribution is 5.96. The van der Waals surface area contributed by atoms with E-state index in [0.29, 0.717) is 4.90 Å². The van der Waals surface area contributed by atoms with Crippen LogP contribution >= 0.6 is 0 Å². The van der Waals surface area contributed by atoms with Gasteiger partial charge in [-0.15, -0.1) is 0 Å². The zero-order valence-electron chi connectivity index (χ0n) is 14.6. The van der Waals surface area contributed by atoms with Crippen molar-refractivity contribution in [3.05, 3.63) is 47.7 Å². The number of amides is 2. The lowest BCUT2D eigenvalue weighted by Gasteiger charge is -2.18. The van der Waals surface area contributed by atoms with Gasteiger partial charge in [0.2, 0.25) is 5.91 Å². The first-order valence-electron chi connectivity index (χ1n) is 8.38. The number of nitrogens with one attached hydrogen (secondary N) is 1. The van der Waals surface area contributed by atoms with Crippen LogP contribution in [-0.4, -0.2) is 42.0 Å². The van der Waals surface area contributed by atoms with E-state index in [9.17, 15) is 35.9 Å². The molecule has 1 aliphatic heterocycles. The van der Waals surface area contributed by atoms with Crippen molar-refractivity contribution in [3.8, 4) is 11.3 Å². The first-order valence-corrected chi connectivity index (χ1v) is 8.38. The minimum Gasteiger partial charge on any atom is -0.451 e. The SMILES string of the molecule is O=C(NC1CCN(CC(F)(F)F)C1=O)c1ccc(-c2cccc(C(F)(F)F)c2)o1. The summed E-state index contributed by atoms with van der Waals surface area (Å²) in [7, 11) is 0. The van der Waals surface area contributed by atoms with Gasteiger partial charge in [0.25, 0.3) is 5.91 Å². The van der Waals surface area contributed by atoms with Crippen LogP contribution in [0.15, 0.2) is 40.8 Å². The van der Waals surface area contributed by atoms with Crippen LogP contribution in [0.4, 0.5) is 26.3 Å². The highest BCUT2D eigenvalue weighted by Gasteiger charge is 2.40. The number of alkyl halides is 6. The van der Waals surface area contributed by atoms with E-state index in [1.54, 1.807) is 0 Å². The molecule has 0 bridgehead atoms. The summed E-state index contributed by atoms with van der Waals surface area (Å²) in [6.45, 7) is -1.56. The summed E-state index contributed by atoms with van der Waals surface area (Å²) in [5, 5.41) is 2.29. The largest absolute Gasteiger partial charge is 0.451 e. The fraction of sp³-hybridized carbons (Fsp3) is 0.333. The van der Waals surface area contributed by atoms with E-state index in [4.69, 9.17) is 4.42 Å². The van der Waals surface area contributed by atoms with Gasteiger partial charge in [-0.3, -0.25) is 9.59 Å². The molecule has 0 aliphatic carbocycles. The Balaban J connectivity index is 1.68. The first kappa shape index (κ1) is 20.7. The van der Waals surface area contributed by atoms with Crippen molar-refractivity contribution in [2.75, 3.05) is 13.1 Å². The molecule has 1 saturated heterocycles. The second-order valence-electron chi connectivity index (χ2n) is 6.43. The number of rotatable bonds is 4. The van der Waals surface area contributed by atoms with E-state index in [1.165, 1.54) is 24.3 Å². The Morgan fingerprint density at radius 1 is 1.14 bits per heavy atom. The van der Waals surface area contributed by atoms with E-state index in [1.807, 2.05) is 0 Å². The Bertz CT molecular complexity index is 919. The molecule has 3 rings (SSSR count). The Kier molecular flexibility index (Phi) is 5.33. The number of likely N-dealkylation sites (tertiary alicyclic amines) is 1. The normalized spacial score (nSPS) is 17.7. The number of nitrogens with zero attached hydrogens (tertiary/aromatic N) is 1. The van der Waals surface area contributed by atoms with Crippen LogP contribution in [0.5, 0.6) is 0 Å². The van der Waals surface area contributed by atoms with Gasteiger partial charge in [-0.1, -0.05) is 12.1 Å². The second kappa shape index (κ2) is 7.45. The molecule has 5 nitrogen and oxygen atoms in total. The van der Waals surface area contributed by atoms with Crippen molar-refractivity contribution in [1.29, 1.82) is 0 Å². The van der Waals surface area contributed by atoms with Crippen LogP contribution in [-0.2, 0) is 11.0 Å². The second-order valence-corrected chi connectivity index (χ2v) is 6.43. The van der Waals surface area contributed by atoms with Gasteiger partial charge < -0.3 is 14.6 Å². The molecular formula is C18H14F6N2O3. The summed E-state index contributed by atoms with van der Waals surface area (Å²) in [4.78, 5) is 24.8. The molecule has 156 valence electrons. The Morgan fingerprint density at radius 3 is 2.52 bits per heavy atom. The molecule has 1 aromatic heterocycles. The molecule has 2 aromatic rings. The molecule has 2 amide bonds. The molecule has 1 N–H and O–H groups in total. The minimum atomic E-state index is -4.55. The summed E-state index contributed by atoms with van der Waals surface area (Å²) < 4.78 is 81.0. The third kappa shape index (κ3) is 4.90. The molecule has 1 fully saturated rings. The lowest BCUT2D eigenvalue weighted by molar-refractivity contribution is -0.157. The van der Waals surface area contributed by atoms with Gasteiger partial charge in [0.1, 0.15) is 18.3 Å². The molecule has 11 heteroatoms. The molecular weight excluding hydrogens is 406 g/mol. The average molecular weight is 420 g/mol. The topological polar surface area (TPSA) is 62.6 Å². The van der Waals surface area contributed by atoms with Gasteiger partial charge in [0.05, 0.1) is 5.56 Å². The van der Waals surface area contributed by atoms with E-state index in [0.717, 1.165) is 12.1 Å². The van der Waals surface area contributed by atoms with Gasteiger partial charge in [-0.25, -0.2) is 0 Å². The van der Waals surface area contributed by atoms with Gasteiger partial charge in [0.15, 0.2) is 5.76 Å². The predicted octanol–water partition coefficient (Wildman–Crippen LogP) is 3.86. The molecule has 2 heterocycles. The number of furan rings is 1. The Hall–Kier alpha value is -2.98. The van der Waals surface area contributed by atoms with Crippen LogP contribution in [0.1, 0.15) is 22.5 Å². The van der Waals surface area contributed by atoms with Crippen molar-refractivity contribution in [2.45, 2.75) is 24.8 Å². The number of benzene rings is 1. The number of hydrogen-bond acceptors (Lipinski definition) is 3. The maximum atomic E-state index is 12.8. The third-order valence-electron chi connectivity index (χ3n) is 4.28. The van der Waals surface area contributed by atoms with E-state index >= 15 is 0 Å². The highest BCUT2D eigenvalue weighted by atomic mass is 19.4. The predicted molar refractivity (Wildman–Crippen MR) is 87.7 cm³/mol. The molecule has 29 heavy (non-hydrogen) atoms. The van der Waals surface area contributed by atoms with Gasteiger partial charge >= 0.3 is 12.4 Å². The van der Waals surface area contributed by atoms with Gasteiger partial charge in [-0.2, -0.15) is 26.3 Å². The van der Waals surface area contributed by atoms with Crippen LogP contribution in [0, 0.1) is 0 Å². The van der Waals surface area contributed by atoms with Crippen molar-refractivity contribution in [1.82, 2.24) is 10.2 Å². The summed E-state index contributed by atoms with van der Waals surface area (Å²) in [5.41, 5.74) is -0.800. The maximum Gasteiger partial charge on any atom is 0.416 e. The van der Waals surface area contributed by atoms with Crippen molar-refractivity contribution < 1.29 is 40.3 Å². The number of carbonyl (C=O) groups excluding carboxylic acids is 2. The lowest BCUT2D eigenvalue weighted by atomic mass is 10.1. The maximum absolute atomic E-state index is 12.8. The quantitative estimate of drug-likeness (QED) is 0.765. The number of halogens is 6. The van der Waals surface area contributed by atoms with Crippen LogP contribution < -0.4 is 5.32 Å². The van der Waals surface area contributed by atoms with Gasteiger partial charge in [-0.05, 0) is 30.7 Å². The summed E-state index contributed by atoms with van der Waals surface area (Å²) in [6.07, 6.45) is -9.09.